The first kappa shape index (κ1) is 25.8. The Labute approximate surface area is 239 Å². The van der Waals surface area contributed by atoms with Crippen LogP contribution >= 0.6 is 0 Å². The van der Waals surface area contributed by atoms with Crippen molar-refractivity contribution in [1.82, 2.24) is 43.3 Å². The number of aromatic nitrogens is 9. The normalized spacial score (nSPS) is 17.9. The number of fused-ring (bicyclic) bond motifs is 1. The van der Waals surface area contributed by atoms with Crippen molar-refractivity contribution < 1.29 is 4.79 Å². The van der Waals surface area contributed by atoms with Crippen molar-refractivity contribution in [3.63, 3.8) is 0 Å². The minimum atomic E-state index is -0.431. The monoisotopic (exact) mass is 567 g/mol. The maximum atomic E-state index is 12.9. The summed E-state index contributed by atoms with van der Waals surface area (Å²) in [5.74, 6) is 1.73. The molecule has 5 aromatic heterocycles. The molecule has 7 rings (SSSR count). The number of carbonyl (C=O) groups is 1. The van der Waals surface area contributed by atoms with Crippen LogP contribution in [0.2, 0.25) is 0 Å². The molecule has 214 valence electrons. The van der Waals surface area contributed by atoms with E-state index in [0.717, 1.165) is 28.7 Å². The summed E-state index contributed by atoms with van der Waals surface area (Å²) in [6, 6.07) is 5.46. The van der Waals surface area contributed by atoms with Crippen LogP contribution in [0.1, 0.15) is 53.9 Å². The van der Waals surface area contributed by atoms with Crippen molar-refractivity contribution in [2.75, 3.05) is 10.6 Å². The first-order valence-corrected chi connectivity index (χ1v) is 13.8. The average Bonchev–Trinajstić information content (AvgIpc) is 3.91. The van der Waals surface area contributed by atoms with E-state index in [0.29, 0.717) is 53.4 Å². The van der Waals surface area contributed by atoms with E-state index in [9.17, 15) is 14.4 Å². The molecule has 2 saturated carbocycles. The van der Waals surface area contributed by atoms with Crippen molar-refractivity contribution >= 4 is 23.2 Å². The lowest BCUT2D eigenvalue weighted by Crippen LogP contribution is -2.25. The van der Waals surface area contributed by atoms with Gasteiger partial charge in [0.15, 0.2) is 5.65 Å². The Morgan fingerprint density at radius 3 is 2.57 bits per heavy atom. The molecule has 2 atom stereocenters. The molecule has 14 heteroatoms. The Morgan fingerprint density at radius 2 is 1.83 bits per heavy atom. The summed E-state index contributed by atoms with van der Waals surface area (Å²) in [5, 5.41) is 6.12. The molecule has 2 aliphatic carbocycles. The fourth-order valence-corrected chi connectivity index (χ4v) is 5.29. The largest absolute Gasteiger partial charge is 0.364 e. The molecule has 14 nitrogen and oxygen atoms in total. The van der Waals surface area contributed by atoms with E-state index in [-0.39, 0.29) is 17.7 Å². The molecule has 0 saturated heterocycles. The van der Waals surface area contributed by atoms with Crippen LogP contribution in [0.15, 0.2) is 52.7 Å². The fraction of sp³-hybridized carbons (Fsp3) is 0.357. The number of nitrogens with zero attached hydrogens (tertiary/aromatic N) is 9. The Hall–Kier alpha value is -5.14. The van der Waals surface area contributed by atoms with E-state index in [1.54, 1.807) is 19.3 Å². The third-order valence-corrected chi connectivity index (χ3v) is 7.85. The Bertz CT molecular complexity index is 1980. The highest BCUT2D eigenvalue weighted by Crippen LogP contribution is 2.46. The Balaban J connectivity index is 1.09. The van der Waals surface area contributed by atoms with Crippen LogP contribution in [-0.2, 0) is 25.4 Å². The van der Waals surface area contributed by atoms with Gasteiger partial charge >= 0.3 is 11.4 Å². The van der Waals surface area contributed by atoms with Crippen molar-refractivity contribution in [3.05, 3.63) is 86.9 Å². The summed E-state index contributed by atoms with van der Waals surface area (Å²) >= 11 is 0. The number of anilines is 2. The molecule has 0 aliphatic heterocycles. The van der Waals surface area contributed by atoms with Crippen molar-refractivity contribution in [2.45, 2.75) is 44.6 Å². The fourth-order valence-electron chi connectivity index (χ4n) is 5.29. The van der Waals surface area contributed by atoms with Gasteiger partial charge < -0.3 is 15.0 Å². The van der Waals surface area contributed by atoms with E-state index < -0.39 is 11.4 Å². The highest BCUT2D eigenvalue weighted by Gasteiger charge is 2.46. The zero-order valence-electron chi connectivity index (χ0n) is 23.4. The summed E-state index contributed by atoms with van der Waals surface area (Å²) in [6.45, 7) is 2.24. The van der Waals surface area contributed by atoms with Gasteiger partial charge in [0.1, 0.15) is 29.5 Å². The molecule has 2 unspecified atom stereocenters. The predicted octanol–water partition coefficient (Wildman–Crippen LogP) is 1.64. The summed E-state index contributed by atoms with van der Waals surface area (Å²) in [4.78, 5) is 60.2. The molecule has 2 N–H and O–H groups in total. The predicted molar refractivity (Wildman–Crippen MR) is 153 cm³/mol. The molecule has 0 radical (unpaired) electrons. The highest BCUT2D eigenvalue weighted by molar-refractivity contribution is 5.94. The zero-order chi connectivity index (χ0) is 29.1. The van der Waals surface area contributed by atoms with Crippen LogP contribution < -0.4 is 22.0 Å². The van der Waals surface area contributed by atoms with Gasteiger partial charge in [-0.2, -0.15) is 4.68 Å². The van der Waals surface area contributed by atoms with Crippen molar-refractivity contribution in [2.24, 2.45) is 20.0 Å². The van der Waals surface area contributed by atoms with E-state index in [1.165, 1.54) is 22.7 Å². The third kappa shape index (κ3) is 4.63. The maximum absolute atomic E-state index is 12.9. The molecule has 0 spiro atoms. The smallest absolute Gasteiger partial charge is 0.351 e. The van der Waals surface area contributed by atoms with E-state index in [2.05, 4.69) is 30.6 Å². The Kier molecular flexibility index (Phi) is 5.99. The summed E-state index contributed by atoms with van der Waals surface area (Å²) in [5.41, 5.74) is 2.96. The number of rotatable bonds is 8. The maximum Gasteiger partial charge on any atom is 0.351 e. The number of aryl methyl sites for hydroxylation is 1. The van der Waals surface area contributed by atoms with Gasteiger partial charge in [-0.25, -0.2) is 43.8 Å². The third-order valence-electron chi connectivity index (χ3n) is 7.85. The first-order chi connectivity index (χ1) is 20.3. The number of pyridine rings is 1. The van der Waals surface area contributed by atoms with Gasteiger partial charge in [-0.3, -0.25) is 4.79 Å². The molecular formula is C28H29N11O3. The van der Waals surface area contributed by atoms with Crippen LogP contribution in [-0.4, -0.2) is 49.2 Å². The number of amides is 1. The van der Waals surface area contributed by atoms with Gasteiger partial charge in [-0.15, -0.1) is 0 Å². The molecule has 2 aliphatic rings. The van der Waals surface area contributed by atoms with E-state index in [4.69, 9.17) is 4.98 Å². The standard InChI is InChI=1S/C28H29N11O3/c1-15-6-7-29-24(33-15)19-9-20(19)26(40)35-23-10-22(31-14-32-23)30-11-18-13-38-12-17(16-4-5-16)8-21(25(38)34-18)39-28(42)36(2)27(41)37(39)3/h6-8,10,12-14,16,19-20H,4-5,9,11H2,1-3H3,(H2,30,31,32,35,40). The highest BCUT2D eigenvalue weighted by atomic mass is 16.2. The zero-order valence-corrected chi connectivity index (χ0v) is 23.4. The Morgan fingerprint density at radius 1 is 1.02 bits per heavy atom. The number of hydrogen-bond donors (Lipinski definition) is 2. The SMILES string of the molecule is Cc1ccnc(C2CC2C(=O)Nc2cc(NCc3cn4cc(C5CC5)cc(-n5c(=O)n(C)c(=O)n5C)c4n3)ncn2)n1. The van der Waals surface area contributed by atoms with Gasteiger partial charge in [0.05, 0.1) is 12.2 Å². The number of hydrogen-bond acceptors (Lipinski definition) is 9. The van der Waals surface area contributed by atoms with Crippen LogP contribution in [0.25, 0.3) is 11.3 Å². The van der Waals surface area contributed by atoms with Crippen LogP contribution in [0.5, 0.6) is 0 Å². The first-order valence-electron chi connectivity index (χ1n) is 13.8. The number of nitrogens with one attached hydrogen (secondary N) is 2. The topological polar surface area (TPSA) is 159 Å². The molecule has 5 heterocycles. The van der Waals surface area contributed by atoms with Gasteiger partial charge in [0, 0.05) is 56.3 Å². The molecule has 1 amide bonds. The number of imidazole rings is 1. The van der Waals surface area contributed by atoms with Crippen LogP contribution in [0, 0.1) is 12.8 Å². The molecule has 5 aromatic rings. The van der Waals surface area contributed by atoms with Crippen molar-refractivity contribution in [3.8, 4) is 5.69 Å². The van der Waals surface area contributed by atoms with Gasteiger partial charge in [0.25, 0.3) is 0 Å². The molecule has 0 aromatic carbocycles. The van der Waals surface area contributed by atoms with Crippen LogP contribution in [0.3, 0.4) is 0 Å². The van der Waals surface area contributed by atoms with Gasteiger partial charge in [0.2, 0.25) is 5.91 Å². The lowest BCUT2D eigenvalue weighted by molar-refractivity contribution is -0.117. The van der Waals surface area contributed by atoms with Crippen LogP contribution in [0.4, 0.5) is 11.6 Å². The molecule has 42 heavy (non-hydrogen) atoms. The van der Waals surface area contributed by atoms with Gasteiger partial charge in [-0.1, -0.05) is 0 Å². The minimum absolute atomic E-state index is 0.0128. The summed E-state index contributed by atoms with van der Waals surface area (Å²) in [7, 11) is 3.03. The second kappa shape index (κ2) is 9.75. The second-order valence-electron chi connectivity index (χ2n) is 11.0. The quantitative estimate of drug-likeness (QED) is 0.284. The molecule has 2 fully saturated rings. The minimum Gasteiger partial charge on any atom is -0.364 e. The van der Waals surface area contributed by atoms with E-state index in [1.807, 2.05) is 35.9 Å². The second-order valence-corrected chi connectivity index (χ2v) is 11.0. The lowest BCUT2D eigenvalue weighted by atomic mass is 10.2. The molecular weight excluding hydrogens is 538 g/mol. The average molecular weight is 568 g/mol. The lowest BCUT2D eigenvalue weighted by Gasteiger charge is -2.09. The van der Waals surface area contributed by atoms with Crippen molar-refractivity contribution in [1.29, 1.82) is 0 Å². The van der Waals surface area contributed by atoms with E-state index >= 15 is 0 Å². The summed E-state index contributed by atoms with van der Waals surface area (Å²) < 4.78 is 5.65. The summed E-state index contributed by atoms with van der Waals surface area (Å²) in [6.07, 6.45) is 9.91. The number of carbonyl (C=O) groups excluding carboxylic acids is 1. The van der Waals surface area contributed by atoms with Gasteiger partial charge in [-0.05, 0) is 49.8 Å². The molecule has 0 bridgehead atoms.